The Labute approximate surface area is 134 Å². The first-order chi connectivity index (χ1) is 10.1. The monoisotopic (exact) mass is 367 g/mol. The Morgan fingerprint density at radius 2 is 1.76 bits per heavy atom. The summed E-state index contributed by atoms with van der Waals surface area (Å²) in [6, 6.07) is 8.26. The van der Waals surface area contributed by atoms with Crippen LogP contribution in [0.1, 0.15) is 15.9 Å². The van der Waals surface area contributed by atoms with Crippen molar-refractivity contribution >= 4 is 39.0 Å². The fourth-order valence-corrected chi connectivity index (χ4v) is 2.77. The molecule has 0 aliphatic carbocycles. The van der Waals surface area contributed by atoms with Gasteiger partial charge in [0, 0.05) is 27.4 Å². The zero-order chi connectivity index (χ0) is 15.0. The third kappa shape index (κ3) is 2.71. The van der Waals surface area contributed by atoms with Crippen LogP contribution in [0.15, 0.2) is 34.8 Å². The fourth-order valence-electron chi connectivity index (χ4n) is 2.10. The van der Waals surface area contributed by atoms with Gasteiger partial charge in [-0.3, -0.25) is 4.79 Å². The maximum atomic E-state index is 12.7. The van der Waals surface area contributed by atoms with E-state index in [1.165, 1.54) is 0 Å². The van der Waals surface area contributed by atoms with E-state index in [-0.39, 0.29) is 5.78 Å². The average Bonchev–Trinajstić information content (AvgIpc) is 2.48. The van der Waals surface area contributed by atoms with E-state index in [1.54, 1.807) is 30.3 Å². The minimum Gasteiger partial charge on any atom is -0.486 e. The Morgan fingerprint density at radius 1 is 1.10 bits per heavy atom. The first kappa shape index (κ1) is 14.2. The molecule has 2 aromatic carbocycles. The lowest BCUT2D eigenvalue weighted by Gasteiger charge is -2.19. The van der Waals surface area contributed by atoms with Crippen molar-refractivity contribution in [2.75, 3.05) is 18.9 Å². The van der Waals surface area contributed by atoms with Crippen LogP contribution >= 0.6 is 27.5 Å². The molecule has 0 aromatic heterocycles. The molecule has 0 unspecified atom stereocenters. The number of fused-ring (bicyclic) bond motifs is 1. The van der Waals surface area contributed by atoms with Crippen LogP contribution in [-0.2, 0) is 0 Å². The van der Waals surface area contributed by atoms with Crippen molar-refractivity contribution < 1.29 is 14.3 Å². The van der Waals surface area contributed by atoms with E-state index in [1.807, 2.05) is 0 Å². The minimum absolute atomic E-state index is 0.226. The molecule has 0 fully saturated rings. The smallest absolute Gasteiger partial charge is 0.195 e. The van der Waals surface area contributed by atoms with Gasteiger partial charge in [0.05, 0.1) is 5.02 Å². The topological polar surface area (TPSA) is 61.6 Å². The van der Waals surface area contributed by atoms with Gasteiger partial charge in [0.2, 0.25) is 0 Å². The molecule has 0 saturated heterocycles. The number of rotatable bonds is 2. The molecule has 2 aromatic rings. The average molecular weight is 369 g/mol. The van der Waals surface area contributed by atoms with Crippen molar-refractivity contribution in [2.24, 2.45) is 0 Å². The number of halogens is 2. The van der Waals surface area contributed by atoms with E-state index in [4.69, 9.17) is 26.8 Å². The first-order valence-corrected chi connectivity index (χ1v) is 7.42. The predicted octanol–water partition coefficient (Wildman–Crippen LogP) is 3.69. The Morgan fingerprint density at radius 3 is 2.48 bits per heavy atom. The normalized spacial score (nSPS) is 13.0. The lowest BCUT2D eigenvalue weighted by Crippen LogP contribution is -2.16. The Kier molecular flexibility index (Phi) is 3.78. The highest BCUT2D eigenvalue weighted by Gasteiger charge is 2.21. The highest BCUT2D eigenvalue weighted by atomic mass is 79.9. The third-order valence-electron chi connectivity index (χ3n) is 3.11. The summed E-state index contributed by atoms with van der Waals surface area (Å²) in [6.45, 7) is 0.918. The zero-order valence-corrected chi connectivity index (χ0v) is 13.2. The maximum Gasteiger partial charge on any atom is 0.195 e. The van der Waals surface area contributed by atoms with Crippen LogP contribution in [0.4, 0.5) is 5.69 Å². The molecule has 0 bridgehead atoms. The molecular weight excluding hydrogens is 358 g/mol. The Bertz CT molecular complexity index is 733. The zero-order valence-electron chi connectivity index (χ0n) is 10.9. The number of benzene rings is 2. The van der Waals surface area contributed by atoms with Gasteiger partial charge < -0.3 is 15.2 Å². The molecule has 0 atom stereocenters. The van der Waals surface area contributed by atoms with Gasteiger partial charge in [-0.15, -0.1) is 0 Å². The Hall–Kier alpha value is -1.72. The summed E-state index contributed by atoms with van der Waals surface area (Å²) in [7, 11) is 0. The minimum atomic E-state index is -0.226. The summed E-state index contributed by atoms with van der Waals surface area (Å²) >= 11 is 9.55. The summed E-state index contributed by atoms with van der Waals surface area (Å²) < 4.78 is 11.6. The fraction of sp³-hybridized carbons (Fsp3) is 0.133. The molecule has 0 saturated carbocycles. The lowest BCUT2D eigenvalue weighted by molar-refractivity contribution is 0.103. The van der Waals surface area contributed by atoms with Crippen LogP contribution in [0.2, 0.25) is 5.02 Å². The summed E-state index contributed by atoms with van der Waals surface area (Å²) in [5, 5.41) is 0.318. The predicted molar refractivity (Wildman–Crippen MR) is 84.4 cm³/mol. The molecule has 21 heavy (non-hydrogen) atoms. The lowest BCUT2D eigenvalue weighted by atomic mass is 10.0. The van der Waals surface area contributed by atoms with Crippen molar-refractivity contribution in [3.63, 3.8) is 0 Å². The molecule has 108 valence electrons. The number of carbonyl (C=O) groups is 1. The van der Waals surface area contributed by atoms with Gasteiger partial charge in [0.1, 0.15) is 13.2 Å². The number of nitrogen functional groups attached to an aromatic ring is 1. The van der Waals surface area contributed by atoms with Crippen molar-refractivity contribution in [2.45, 2.75) is 0 Å². The highest BCUT2D eigenvalue weighted by Crippen LogP contribution is 2.37. The molecule has 3 rings (SSSR count). The van der Waals surface area contributed by atoms with Gasteiger partial charge in [0.15, 0.2) is 17.3 Å². The third-order valence-corrected chi connectivity index (χ3v) is 4.12. The number of anilines is 1. The van der Waals surface area contributed by atoms with Crippen LogP contribution in [-0.4, -0.2) is 19.0 Å². The largest absolute Gasteiger partial charge is 0.486 e. The van der Waals surface area contributed by atoms with Crippen LogP contribution in [0, 0.1) is 0 Å². The molecular formula is C15H11BrClNO3. The van der Waals surface area contributed by atoms with Crippen molar-refractivity contribution in [3.05, 3.63) is 51.0 Å². The molecule has 1 aliphatic heterocycles. The van der Waals surface area contributed by atoms with E-state index in [0.29, 0.717) is 51.0 Å². The van der Waals surface area contributed by atoms with Crippen LogP contribution in [0.25, 0.3) is 0 Å². The summed E-state index contributed by atoms with van der Waals surface area (Å²) in [4.78, 5) is 12.7. The molecule has 0 amide bonds. The summed E-state index contributed by atoms with van der Waals surface area (Å²) in [6.07, 6.45) is 0. The highest BCUT2D eigenvalue weighted by molar-refractivity contribution is 9.10. The summed E-state index contributed by atoms with van der Waals surface area (Å²) in [5.74, 6) is 0.847. The molecule has 1 heterocycles. The molecule has 0 spiro atoms. The number of nitrogens with two attached hydrogens (primary N) is 1. The first-order valence-electron chi connectivity index (χ1n) is 6.25. The van der Waals surface area contributed by atoms with Gasteiger partial charge in [-0.05, 0) is 24.3 Å². The molecule has 4 nitrogen and oxygen atoms in total. The van der Waals surface area contributed by atoms with Crippen molar-refractivity contribution in [1.29, 1.82) is 0 Å². The quantitative estimate of drug-likeness (QED) is 0.649. The molecule has 6 heteroatoms. The number of hydrogen-bond donors (Lipinski definition) is 1. The van der Waals surface area contributed by atoms with Crippen molar-refractivity contribution in [3.8, 4) is 11.5 Å². The summed E-state index contributed by atoms with van der Waals surface area (Å²) in [5.41, 5.74) is 7.06. The standard InChI is InChI=1S/C15H11BrClNO3/c16-11-2-1-8(18)5-9(11)15(19)10-6-13-14(7-12(10)17)21-4-3-20-13/h1-2,5-7H,3-4,18H2. The number of ketones is 1. The second-order valence-corrected chi connectivity index (χ2v) is 5.81. The van der Waals surface area contributed by atoms with Crippen LogP contribution < -0.4 is 15.2 Å². The van der Waals surface area contributed by atoms with Gasteiger partial charge >= 0.3 is 0 Å². The van der Waals surface area contributed by atoms with E-state index >= 15 is 0 Å². The van der Waals surface area contributed by atoms with E-state index in [0.717, 1.165) is 0 Å². The Balaban J connectivity index is 2.07. The maximum absolute atomic E-state index is 12.7. The van der Waals surface area contributed by atoms with Gasteiger partial charge in [-0.1, -0.05) is 27.5 Å². The van der Waals surface area contributed by atoms with Crippen LogP contribution in [0.3, 0.4) is 0 Å². The molecule has 0 radical (unpaired) electrons. The number of hydrogen-bond acceptors (Lipinski definition) is 4. The van der Waals surface area contributed by atoms with E-state index < -0.39 is 0 Å². The van der Waals surface area contributed by atoms with Gasteiger partial charge in [-0.2, -0.15) is 0 Å². The molecule has 1 aliphatic rings. The molecule has 2 N–H and O–H groups in total. The van der Waals surface area contributed by atoms with Crippen LogP contribution in [0.5, 0.6) is 11.5 Å². The van der Waals surface area contributed by atoms with E-state index in [9.17, 15) is 4.79 Å². The second-order valence-electron chi connectivity index (χ2n) is 4.54. The van der Waals surface area contributed by atoms with Gasteiger partial charge in [-0.25, -0.2) is 0 Å². The number of carbonyl (C=O) groups excluding carboxylic acids is 1. The SMILES string of the molecule is Nc1ccc(Br)c(C(=O)c2cc3c(cc2Cl)OCCO3)c1. The second kappa shape index (κ2) is 5.58. The van der Waals surface area contributed by atoms with E-state index in [2.05, 4.69) is 15.9 Å². The van der Waals surface area contributed by atoms with Crippen molar-refractivity contribution in [1.82, 2.24) is 0 Å². The number of ether oxygens (including phenoxy) is 2. The van der Waals surface area contributed by atoms with Gasteiger partial charge in [0.25, 0.3) is 0 Å².